The number of rotatable bonds is 4. The van der Waals surface area contributed by atoms with Gasteiger partial charge in [-0.15, -0.1) is 0 Å². The van der Waals surface area contributed by atoms with Crippen LogP contribution in [0.4, 0.5) is 11.5 Å². The Morgan fingerprint density at radius 1 is 0.909 bits per heavy atom. The first-order valence-electron chi connectivity index (χ1n) is 6.91. The Bertz CT molecular complexity index is 783. The van der Waals surface area contributed by atoms with Gasteiger partial charge in [-0.25, -0.2) is 4.98 Å². The van der Waals surface area contributed by atoms with E-state index in [0.717, 1.165) is 22.6 Å². The zero-order chi connectivity index (χ0) is 15.4. The Morgan fingerprint density at radius 3 is 2.32 bits per heavy atom. The fraction of sp³-hybridized carbons (Fsp3) is 0. The van der Waals surface area contributed by atoms with Crippen LogP contribution in [-0.4, -0.2) is 10.9 Å². The van der Waals surface area contributed by atoms with Crippen LogP contribution >= 0.6 is 0 Å². The molecule has 108 valence electrons. The quantitative estimate of drug-likeness (QED) is 0.771. The summed E-state index contributed by atoms with van der Waals surface area (Å²) in [5.74, 6) is 0.309. The molecular formula is C18H15N3O. The Kier molecular flexibility index (Phi) is 3.83. The van der Waals surface area contributed by atoms with Crippen molar-refractivity contribution in [2.45, 2.75) is 0 Å². The van der Waals surface area contributed by atoms with E-state index in [1.54, 1.807) is 30.5 Å². The molecule has 0 saturated heterocycles. The van der Waals surface area contributed by atoms with Gasteiger partial charge in [0, 0.05) is 17.4 Å². The maximum Gasteiger partial charge on any atom is 0.248 e. The second-order valence-corrected chi connectivity index (χ2v) is 4.86. The lowest BCUT2D eigenvalue weighted by Gasteiger charge is -2.08. The summed E-state index contributed by atoms with van der Waals surface area (Å²) < 4.78 is 0. The molecule has 0 bridgehead atoms. The van der Waals surface area contributed by atoms with E-state index < -0.39 is 5.91 Å². The Morgan fingerprint density at radius 2 is 1.64 bits per heavy atom. The Hall–Kier alpha value is -3.14. The minimum atomic E-state index is -0.434. The van der Waals surface area contributed by atoms with Crippen LogP contribution in [0.2, 0.25) is 0 Å². The van der Waals surface area contributed by atoms with Crippen molar-refractivity contribution < 1.29 is 4.79 Å². The first kappa shape index (κ1) is 13.8. The minimum Gasteiger partial charge on any atom is -0.366 e. The number of nitrogens with one attached hydrogen (secondary N) is 1. The normalized spacial score (nSPS) is 10.2. The SMILES string of the molecule is NC(=O)c1ccc(Nc2cc(-c3ccccc3)ccn2)cc1. The fourth-order valence-electron chi connectivity index (χ4n) is 2.17. The number of hydrogen-bond acceptors (Lipinski definition) is 3. The first-order valence-corrected chi connectivity index (χ1v) is 6.91. The van der Waals surface area contributed by atoms with Gasteiger partial charge in [-0.1, -0.05) is 30.3 Å². The third-order valence-corrected chi connectivity index (χ3v) is 3.31. The number of aromatic nitrogens is 1. The van der Waals surface area contributed by atoms with Crippen molar-refractivity contribution in [2.75, 3.05) is 5.32 Å². The summed E-state index contributed by atoms with van der Waals surface area (Å²) in [6.45, 7) is 0. The van der Waals surface area contributed by atoms with Gasteiger partial charge in [-0.05, 0) is 47.5 Å². The molecule has 1 aromatic heterocycles. The first-order chi connectivity index (χ1) is 10.7. The maximum atomic E-state index is 11.1. The van der Waals surface area contributed by atoms with Crippen LogP contribution in [0.5, 0.6) is 0 Å². The average molecular weight is 289 g/mol. The number of nitrogens with two attached hydrogens (primary N) is 1. The zero-order valence-corrected chi connectivity index (χ0v) is 11.9. The number of carbonyl (C=O) groups excluding carboxylic acids is 1. The van der Waals surface area contributed by atoms with Gasteiger partial charge in [0.25, 0.3) is 0 Å². The molecule has 0 aliphatic carbocycles. The summed E-state index contributed by atoms with van der Waals surface area (Å²) in [6, 6.07) is 21.0. The van der Waals surface area contributed by atoms with Crippen LogP contribution in [0, 0.1) is 0 Å². The van der Waals surface area contributed by atoms with Crippen LogP contribution in [0.3, 0.4) is 0 Å². The van der Waals surface area contributed by atoms with Crippen molar-refractivity contribution in [1.82, 2.24) is 4.98 Å². The number of hydrogen-bond donors (Lipinski definition) is 2. The van der Waals surface area contributed by atoms with E-state index in [2.05, 4.69) is 22.4 Å². The van der Waals surface area contributed by atoms with Gasteiger partial charge in [-0.2, -0.15) is 0 Å². The van der Waals surface area contributed by atoms with Crippen LogP contribution < -0.4 is 11.1 Å². The molecular weight excluding hydrogens is 274 g/mol. The van der Waals surface area contributed by atoms with Crippen molar-refractivity contribution in [3.05, 3.63) is 78.5 Å². The predicted molar refractivity (Wildman–Crippen MR) is 87.9 cm³/mol. The lowest BCUT2D eigenvalue weighted by Crippen LogP contribution is -2.10. The number of pyridine rings is 1. The molecule has 3 N–H and O–H groups in total. The molecule has 1 amide bonds. The van der Waals surface area contributed by atoms with Crippen molar-refractivity contribution in [1.29, 1.82) is 0 Å². The smallest absolute Gasteiger partial charge is 0.248 e. The molecule has 1 heterocycles. The second-order valence-electron chi connectivity index (χ2n) is 4.86. The molecule has 0 aliphatic rings. The average Bonchev–Trinajstić information content (AvgIpc) is 2.56. The van der Waals surface area contributed by atoms with Gasteiger partial charge < -0.3 is 11.1 Å². The monoisotopic (exact) mass is 289 g/mol. The van der Waals surface area contributed by atoms with E-state index in [0.29, 0.717) is 5.56 Å². The molecule has 4 nitrogen and oxygen atoms in total. The van der Waals surface area contributed by atoms with E-state index in [1.165, 1.54) is 0 Å². The highest BCUT2D eigenvalue weighted by atomic mass is 16.1. The minimum absolute atomic E-state index is 0.434. The van der Waals surface area contributed by atoms with Crippen molar-refractivity contribution in [2.24, 2.45) is 5.73 Å². The number of primary amides is 1. The number of nitrogens with zero attached hydrogens (tertiary/aromatic N) is 1. The summed E-state index contributed by atoms with van der Waals surface area (Å²) in [4.78, 5) is 15.4. The molecule has 0 saturated carbocycles. The van der Waals surface area contributed by atoms with Crippen LogP contribution in [0.15, 0.2) is 72.9 Å². The molecule has 0 fully saturated rings. The lowest BCUT2D eigenvalue weighted by molar-refractivity contribution is 0.100. The van der Waals surface area contributed by atoms with Crippen LogP contribution in [0.25, 0.3) is 11.1 Å². The molecule has 2 aromatic carbocycles. The molecule has 0 atom stereocenters. The summed E-state index contributed by atoms with van der Waals surface area (Å²) >= 11 is 0. The van der Waals surface area contributed by atoms with E-state index in [1.807, 2.05) is 30.3 Å². The number of anilines is 2. The maximum absolute atomic E-state index is 11.1. The van der Waals surface area contributed by atoms with E-state index in [4.69, 9.17) is 5.73 Å². The van der Waals surface area contributed by atoms with Gasteiger partial charge >= 0.3 is 0 Å². The lowest BCUT2D eigenvalue weighted by atomic mass is 10.1. The van der Waals surface area contributed by atoms with E-state index in [9.17, 15) is 4.79 Å². The molecule has 3 aromatic rings. The number of amides is 1. The molecule has 0 radical (unpaired) electrons. The topological polar surface area (TPSA) is 68.0 Å². The molecule has 22 heavy (non-hydrogen) atoms. The predicted octanol–water partition coefficient (Wildman–Crippen LogP) is 3.59. The van der Waals surface area contributed by atoms with Gasteiger partial charge in [-0.3, -0.25) is 4.79 Å². The van der Waals surface area contributed by atoms with E-state index >= 15 is 0 Å². The van der Waals surface area contributed by atoms with E-state index in [-0.39, 0.29) is 0 Å². The standard InChI is InChI=1S/C18H15N3O/c19-18(22)14-6-8-16(9-7-14)21-17-12-15(10-11-20-17)13-4-2-1-3-5-13/h1-12H,(H2,19,22)(H,20,21). The van der Waals surface area contributed by atoms with Crippen molar-refractivity contribution in [3.8, 4) is 11.1 Å². The third-order valence-electron chi connectivity index (χ3n) is 3.31. The highest BCUT2D eigenvalue weighted by molar-refractivity contribution is 5.93. The summed E-state index contributed by atoms with van der Waals surface area (Å²) in [6.07, 6.45) is 1.77. The van der Waals surface area contributed by atoms with Crippen LogP contribution in [-0.2, 0) is 0 Å². The van der Waals surface area contributed by atoms with Crippen molar-refractivity contribution in [3.63, 3.8) is 0 Å². The molecule has 0 aliphatic heterocycles. The summed E-state index contributed by atoms with van der Waals surface area (Å²) in [7, 11) is 0. The summed E-state index contributed by atoms with van der Waals surface area (Å²) in [5.41, 5.74) is 8.79. The number of carbonyl (C=O) groups is 1. The highest BCUT2D eigenvalue weighted by Crippen LogP contribution is 2.22. The van der Waals surface area contributed by atoms with Gasteiger partial charge in [0.05, 0.1) is 0 Å². The molecule has 0 unspecified atom stereocenters. The summed E-state index contributed by atoms with van der Waals surface area (Å²) in [5, 5.41) is 3.22. The zero-order valence-electron chi connectivity index (χ0n) is 11.9. The molecule has 3 rings (SSSR count). The van der Waals surface area contributed by atoms with Crippen LogP contribution in [0.1, 0.15) is 10.4 Å². The van der Waals surface area contributed by atoms with Gasteiger partial charge in [0.15, 0.2) is 0 Å². The van der Waals surface area contributed by atoms with Gasteiger partial charge in [0.2, 0.25) is 5.91 Å². The largest absolute Gasteiger partial charge is 0.366 e. The number of benzene rings is 2. The fourth-order valence-corrected chi connectivity index (χ4v) is 2.17. The highest BCUT2D eigenvalue weighted by Gasteiger charge is 2.02. The molecule has 0 spiro atoms. The molecule has 4 heteroatoms. The Balaban J connectivity index is 1.82. The third kappa shape index (κ3) is 3.12. The Labute approximate surface area is 128 Å². The van der Waals surface area contributed by atoms with Gasteiger partial charge in [0.1, 0.15) is 5.82 Å². The van der Waals surface area contributed by atoms with Crippen molar-refractivity contribution >= 4 is 17.4 Å². The second kappa shape index (κ2) is 6.10.